The molecule has 0 saturated carbocycles. The minimum atomic E-state index is -0.436. The number of benzene rings is 1. The van der Waals surface area contributed by atoms with Crippen LogP contribution in [0.2, 0.25) is 5.02 Å². The number of hydrogen-bond acceptors (Lipinski definition) is 3. The molecule has 1 aromatic heterocycles. The quantitative estimate of drug-likeness (QED) is 0.906. The monoisotopic (exact) mass is 251 g/mol. The molecule has 0 aliphatic heterocycles. The van der Waals surface area contributed by atoms with Gasteiger partial charge in [0.25, 0.3) is 0 Å². The first-order chi connectivity index (χ1) is 8.19. The molecule has 0 amide bonds. The summed E-state index contributed by atoms with van der Waals surface area (Å²) in [4.78, 5) is 8.17. The van der Waals surface area contributed by atoms with Gasteiger partial charge in [-0.3, -0.25) is 0 Å². The summed E-state index contributed by atoms with van der Waals surface area (Å²) in [5.74, 6) is 0.230. The van der Waals surface area contributed by atoms with Crippen molar-refractivity contribution in [1.29, 1.82) is 0 Å². The molecule has 1 N–H and O–H groups in total. The summed E-state index contributed by atoms with van der Waals surface area (Å²) in [5, 5.41) is 3.13. The van der Waals surface area contributed by atoms with Crippen molar-refractivity contribution in [2.24, 2.45) is 0 Å². The van der Waals surface area contributed by atoms with E-state index in [4.69, 9.17) is 11.6 Å². The van der Waals surface area contributed by atoms with Gasteiger partial charge in [-0.05, 0) is 24.6 Å². The Morgan fingerprint density at radius 1 is 1.29 bits per heavy atom. The Morgan fingerprint density at radius 3 is 2.82 bits per heavy atom. The third-order valence-electron chi connectivity index (χ3n) is 2.28. The third-order valence-corrected chi connectivity index (χ3v) is 2.57. The highest BCUT2D eigenvalue weighted by molar-refractivity contribution is 6.31. The van der Waals surface area contributed by atoms with Crippen LogP contribution >= 0.6 is 11.6 Å². The molecule has 0 saturated heterocycles. The Hall–Kier alpha value is -1.68. The molecule has 0 aliphatic carbocycles. The smallest absolute Gasteiger partial charge is 0.141 e. The van der Waals surface area contributed by atoms with Crippen LogP contribution in [-0.4, -0.2) is 9.97 Å². The lowest BCUT2D eigenvalue weighted by Gasteiger charge is -2.06. The van der Waals surface area contributed by atoms with E-state index >= 15 is 0 Å². The highest BCUT2D eigenvalue weighted by Crippen LogP contribution is 2.21. The molecule has 0 spiro atoms. The fourth-order valence-electron chi connectivity index (χ4n) is 1.38. The molecule has 3 nitrogen and oxygen atoms in total. The van der Waals surface area contributed by atoms with E-state index < -0.39 is 5.82 Å². The predicted molar refractivity (Wildman–Crippen MR) is 66.1 cm³/mol. The number of nitrogens with one attached hydrogen (secondary N) is 1. The Balaban J connectivity index is 2.22. The normalized spacial score (nSPS) is 10.3. The van der Waals surface area contributed by atoms with Crippen LogP contribution in [0.5, 0.6) is 0 Å². The van der Waals surface area contributed by atoms with Crippen LogP contribution in [0.3, 0.4) is 0 Å². The summed E-state index contributed by atoms with van der Waals surface area (Å²) in [5.41, 5.74) is 1.63. The van der Waals surface area contributed by atoms with Gasteiger partial charge >= 0.3 is 0 Å². The maximum absolute atomic E-state index is 13.0. The predicted octanol–water partition coefficient (Wildman–Crippen LogP) is 3.58. The van der Waals surface area contributed by atoms with Crippen LogP contribution in [0.25, 0.3) is 0 Å². The second-order valence-corrected chi connectivity index (χ2v) is 3.91. The van der Waals surface area contributed by atoms with E-state index in [1.165, 1.54) is 18.5 Å². The zero-order chi connectivity index (χ0) is 12.3. The molecule has 0 radical (unpaired) electrons. The average molecular weight is 252 g/mol. The first-order valence-electron chi connectivity index (χ1n) is 5.22. The van der Waals surface area contributed by atoms with Crippen LogP contribution < -0.4 is 5.32 Å². The van der Waals surface area contributed by atoms with Crippen LogP contribution in [-0.2, 0) is 6.42 Å². The van der Waals surface area contributed by atoms with Gasteiger partial charge in [0.1, 0.15) is 18.0 Å². The SMILES string of the molecule is CCc1cc(Nc2ccc(F)c(Cl)c2)ncn1. The van der Waals surface area contributed by atoms with Crippen molar-refractivity contribution in [3.05, 3.63) is 47.1 Å². The van der Waals surface area contributed by atoms with Crippen molar-refractivity contribution < 1.29 is 4.39 Å². The Kier molecular flexibility index (Phi) is 3.54. The molecule has 2 rings (SSSR count). The Bertz CT molecular complexity index is 531. The van der Waals surface area contributed by atoms with Crippen LogP contribution in [0.4, 0.5) is 15.9 Å². The molecule has 0 bridgehead atoms. The lowest BCUT2D eigenvalue weighted by molar-refractivity contribution is 0.628. The van der Waals surface area contributed by atoms with E-state index in [1.807, 2.05) is 13.0 Å². The van der Waals surface area contributed by atoms with Crippen molar-refractivity contribution in [2.75, 3.05) is 5.32 Å². The third kappa shape index (κ3) is 2.91. The number of halogens is 2. The number of aromatic nitrogens is 2. The summed E-state index contributed by atoms with van der Waals surface area (Å²) >= 11 is 5.69. The molecule has 0 aliphatic rings. The zero-order valence-corrected chi connectivity index (χ0v) is 10.0. The molecule has 0 unspecified atom stereocenters. The molecule has 0 fully saturated rings. The summed E-state index contributed by atoms with van der Waals surface area (Å²) in [6, 6.07) is 6.28. The molecule has 17 heavy (non-hydrogen) atoms. The fourth-order valence-corrected chi connectivity index (χ4v) is 1.56. The fraction of sp³-hybridized carbons (Fsp3) is 0.167. The van der Waals surface area contributed by atoms with Gasteiger partial charge in [0.2, 0.25) is 0 Å². The van der Waals surface area contributed by atoms with E-state index in [-0.39, 0.29) is 5.02 Å². The first-order valence-corrected chi connectivity index (χ1v) is 5.60. The van der Waals surface area contributed by atoms with Crippen LogP contribution in [0.15, 0.2) is 30.6 Å². The van der Waals surface area contributed by atoms with Gasteiger partial charge in [-0.25, -0.2) is 14.4 Å². The maximum atomic E-state index is 13.0. The highest BCUT2D eigenvalue weighted by Gasteiger charge is 2.02. The average Bonchev–Trinajstić information content (AvgIpc) is 2.34. The largest absolute Gasteiger partial charge is 0.340 e. The second-order valence-electron chi connectivity index (χ2n) is 3.50. The van der Waals surface area contributed by atoms with Gasteiger partial charge in [0, 0.05) is 17.4 Å². The summed E-state index contributed by atoms with van der Waals surface area (Å²) in [6.07, 6.45) is 2.33. The number of aryl methyl sites for hydroxylation is 1. The van der Waals surface area contributed by atoms with Crippen LogP contribution in [0, 0.1) is 5.82 Å². The standard InChI is InChI=1S/C12H11ClFN3/c1-2-8-6-12(16-7-15-8)17-9-3-4-11(14)10(13)5-9/h3-7H,2H2,1H3,(H,15,16,17). The molecule has 2 aromatic rings. The van der Waals surface area contributed by atoms with Crippen molar-refractivity contribution in [3.8, 4) is 0 Å². The number of hydrogen-bond donors (Lipinski definition) is 1. The van der Waals surface area contributed by atoms with Crippen molar-refractivity contribution in [1.82, 2.24) is 9.97 Å². The number of anilines is 2. The molecule has 1 heterocycles. The van der Waals surface area contributed by atoms with E-state index in [9.17, 15) is 4.39 Å². The summed E-state index contributed by atoms with van der Waals surface area (Å²) < 4.78 is 13.0. The molecule has 88 valence electrons. The van der Waals surface area contributed by atoms with Crippen molar-refractivity contribution in [2.45, 2.75) is 13.3 Å². The lowest BCUT2D eigenvalue weighted by atomic mass is 10.3. The summed E-state index contributed by atoms with van der Waals surface area (Å²) in [6.45, 7) is 2.01. The minimum Gasteiger partial charge on any atom is -0.340 e. The van der Waals surface area contributed by atoms with E-state index in [2.05, 4.69) is 15.3 Å². The molecular formula is C12H11ClFN3. The molecular weight excluding hydrogens is 241 g/mol. The zero-order valence-electron chi connectivity index (χ0n) is 9.24. The number of nitrogens with zero attached hydrogens (tertiary/aromatic N) is 2. The topological polar surface area (TPSA) is 37.8 Å². The highest BCUT2D eigenvalue weighted by atomic mass is 35.5. The molecule has 0 atom stereocenters. The Morgan fingerprint density at radius 2 is 2.12 bits per heavy atom. The van der Waals surface area contributed by atoms with E-state index in [1.54, 1.807) is 6.07 Å². The van der Waals surface area contributed by atoms with Gasteiger partial charge in [0.05, 0.1) is 5.02 Å². The molecule has 1 aromatic carbocycles. The maximum Gasteiger partial charge on any atom is 0.141 e. The summed E-state index contributed by atoms with van der Waals surface area (Å²) in [7, 11) is 0. The number of rotatable bonds is 3. The van der Waals surface area contributed by atoms with Crippen LogP contribution in [0.1, 0.15) is 12.6 Å². The first kappa shape index (κ1) is 11.8. The van der Waals surface area contributed by atoms with Gasteiger partial charge < -0.3 is 5.32 Å². The lowest BCUT2D eigenvalue weighted by Crippen LogP contribution is -1.97. The van der Waals surface area contributed by atoms with E-state index in [0.29, 0.717) is 11.5 Å². The van der Waals surface area contributed by atoms with Crippen molar-refractivity contribution in [3.63, 3.8) is 0 Å². The Labute approximate surface area is 104 Å². The van der Waals surface area contributed by atoms with E-state index in [0.717, 1.165) is 12.1 Å². The van der Waals surface area contributed by atoms with Gasteiger partial charge in [-0.1, -0.05) is 18.5 Å². The molecule has 5 heteroatoms. The van der Waals surface area contributed by atoms with Gasteiger partial charge in [0.15, 0.2) is 0 Å². The second kappa shape index (κ2) is 5.10. The van der Waals surface area contributed by atoms with Gasteiger partial charge in [-0.15, -0.1) is 0 Å². The van der Waals surface area contributed by atoms with Gasteiger partial charge in [-0.2, -0.15) is 0 Å². The minimum absolute atomic E-state index is 0.0831. The van der Waals surface area contributed by atoms with Crippen molar-refractivity contribution >= 4 is 23.1 Å².